The molecule has 0 aliphatic carbocycles. The Morgan fingerprint density at radius 1 is 0.952 bits per heavy atom. The molecule has 0 aromatic heterocycles. The van der Waals surface area contributed by atoms with Gasteiger partial charge in [-0.25, -0.2) is 0 Å². The summed E-state index contributed by atoms with van der Waals surface area (Å²) in [7, 11) is 1.95. The first kappa shape index (κ1) is 17.1. The highest BCUT2D eigenvalue weighted by atomic mass is 79.9. The fourth-order valence-corrected chi connectivity index (χ4v) is 3.42. The molecule has 112 valence electrons. The lowest BCUT2D eigenvalue weighted by atomic mass is 9.99. The Morgan fingerprint density at radius 2 is 1.52 bits per heavy atom. The van der Waals surface area contributed by atoms with Gasteiger partial charge in [-0.05, 0) is 55.3 Å². The standard InChI is InChI=1S/C16H15BrCl3N/c1-21-14(6-10-2-4-12(17)8-15(10)19)7-11-3-5-13(18)9-16(11)20/h2-5,8-9,14,21H,6-7H2,1H3. The third kappa shape index (κ3) is 4.87. The monoisotopic (exact) mass is 405 g/mol. The molecule has 2 aromatic carbocycles. The van der Waals surface area contributed by atoms with E-state index < -0.39 is 0 Å². The summed E-state index contributed by atoms with van der Waals surface area (Å²) in [6.07, 6.45) is 1.65. The van der Waals surface area contributed by atoms with Gasteiger partial charge in [0.2, 0.25) is 0 Å². The van der Waals surface area contributed by atoms with E-state index in [-0.39, 0.29) is 6.04 Å². The van der Waals surface area contributed by atoms with Gasteiger partial charge in [-0.1, -0.05) is 62.9 Å². The van der Waals surface area contributed by atoms with Gasteiger partial charge in [0.1, 0.15) is 0 Å². The number of likely N-dealkylation sites (N-methyl/N-ethyl adjacent to an activating group) is 1. The van der Waals surface area contributed by atoms with Gasteiger partial charge in [-0.3, -0.25) is 0 Å². The molecular formula is C16H15BrCl3N. The average molecular weight is 408 g/mol. The fraction of sp³-hybridized carbons (Fsp3) is 0.250. The third-order valence-corrected chi connectivity index (χ3v) is 4.80. The van der Waals surface area contributed by atoms with E-state index in [1.54, 1.807) is 6.07 Å². The predicted octanol–water partition coefficient (Wildman–Crippen LogP) is 5.78. The predicted molar refractivity (Wildman–Crippen MR) is 95.9 cm³/mol. The van der Waals surface area contributed by atoms with Crippen molar-refractivity contribution in [3.05, 3.63) is 67.1 Å². The summed E-state index contributed by atoms with van der Waals surface area (Å²) in [5.74, 6) is 0. The molecule has 0 aliphatic heterocycles. The first-order valence-corrected chi connectivity index (χ1v) is 8.47. The molecule has 0 saturated carbocycles. The van der Waals surface area contributed by atoms with E-state index in [1.807, 2.05) is 37.4 Å². The van der Waals surface area contributed by atoms with Crippen molar-refractivity contribution < 1.29 is 0 Å². The molecule has 1 atom stereocenters. The van der Waals surface area contributed by atoms with Crippen LogP contribution in [0.1, 0.15) is 11.1 Å². The molecule has 1 N–H and O–H groups in total. The van der Waals surface area contributed by atoms with Crippen LogP contribution < -0.4 is 5.32 Å². The summed E-state index contributed by atoms with van der Waals surface area (Å²) in [5, 5.41) is 5.44. The Hall–Kier alpha value is -0.250. The van der Waals surface area contributed by atoms with Crippen molar-refractivity contribution >= 4 is 50.7 Å². The van der Waals surface area contributed by atoms with Gasteiger partial charge in [-0.15, -0.1) is 0 Å². The zero-order valence-electron chi connectivity index (χ0n) is 11.5. The number of halogens is 4. The molecular weight excluding hydrogens is 392 g/mol. The fourth-order valence-electron chi connectivity index (χ4n) is 2.18. The average Bonchev–Trinajstić information content (AvgIpc) is 2.43. The first-order valence-electron chi connectivity index (χ1n) is 6.54. The number of hydrogen-bond acceptors (Lipinski definition) is 1. The van der Waals surface area contributed by atoms with Crippen molar-refractivity contribution in [1.29, 1.82) is 0 Å². The zero-order valence-corrected chi connectivity index (χ0v) is 15.3. The van der Waals surface area contributed by atoms with Gasteiger partial charge >= 0.3 is 0 Å². The Kier molecular flexibility index (Phi) is 6.39. The number of hydrogen-bond donors (Lipinski definition) is 1. The molecule has 0 spiro atoms. The second-order valence-electron chi connectivity index (χ2n) is 4.87. The second-order valence-corrected chi connectivity index (χ2v) is 7.03. The van der Waals surface area contributed by atoms with Crippen LogP contribution in [0.15, 0.2) is 40.9 Å². The highest BCUT2D eigenvalue weighted by Crippen LogP contribution is 2.25. The summed E-state index contributed by atoms with van der Waals surface area (Å²) in [4.78, 5) is 0. The molecule has 0 fully saturated rings. The van der Waals surface area contributed by atoms with Crippen LogP contribution >= 0.6 is 50.7 Å². The van der Waals surface area contributed by atoms with Gasteiger partial charge < -0.3 is 5.32 Å². The van der Waals surface area contributed by atoms with E-state index in [1.165, 1.54) is 0 Å². The van der Waals surface area contributed by atoms with Gasteiger partial charge in [0.15, 0.2) is 0 Å². The van der Waals surface area contributed by atoms with Crippen LogP contribution in [0.4, 0.5) is 0 Å². The molecule has 2 aromatic rings. The molecule has 21 heavy (non-hydrogen) atoms. The van der Waals surface area contributed by atoms with Crippen molar-refractivity contribution in [1.82, 2.24) is 5.32 Å². The maximum absolute atomic E-state index is 6.28. The van der Waals surface area contributed by atoms with Crippen LogP contribution in [-0.2, 0) is 12.8 Å². The molecule has 0 bridgehead atoms. The topological polar surface area (TPSA) is 12.0 Å². The van der Waals surface area contributed by atoms with E-state index in [0.29, 0.717) is 10.0 Å². The smallest absolute Gasteiger partial charge is 0.0453 e. The summed E-state index contributed by atoms with van der Waals surface area (Å²) in [5.41, 5.74) is 2.19. The van der Waals surface area contributed by atoms with Gasteiger partial charge in [0.05, 0.1) is 0 Å². The molecule has 5 heteroatoms. The first-order chi connectivity index (χ1) is 9.99. The highest BCUT2D eigenvalue weighted by Gasteiger charge is 2.13. The Morgan fingerprint density at radius 3 is 2.05 bits per heavy atom. The van der Waals surface area contributed by atoms with Crippen molar-refractivity contribution in [2.75, 3.05) is 7.05 Å². The van der Waals surface area contributed by atoms with E-state index in [9.17, 15) is 0 Å². The summed E-state index contributed by atoms with van der Waals surface area (Å²) in [6.45, 7) is 0. The van der Waals surface area contributed by atoms with Crippen molar-refractivity contribution in [3.8, 4) is 0 Å². The lowest BCUT2D eigenvalue weighted by Crippen LogP contribution is -2.30. The van der Waals surface area contributed by atoms with Crippen LogP contribution in [0, 0.1) is 0 Å². The molecule has 0 radical (unpaired) electrons. The number of benzene rings is 2. The summed E-state index contributed by atoms with van der Waals surface area (Å²) in [6, 6.07) is 11.8. The molecule has 0 saturated heterocycles. The van der Waals surface area contributed by atoms with Gasteiger partial charge in [-0.2, -0.15) is 0 Å². The highest BCUT2D eigenvalue weighted by molar-refractivity contribution is 9.10. The second kappa shape index (κ2) is 7.85. The molecule has 2 rings (SSSR count). The van der Waals surface area contributed by atoms with Crippen molar-refractivity contribution in [3.63, 3.8) is 0 Å². The largest absolute Gasteiger partial charge is 0.316 e. The van der Waals surface area contributed by atoms with Gasteiger partial charge in [0.25, 0.3) is 0 Å². The Bertz CT molecular complexity index is 577. The molecule has 0 aliphatic rings. The Labute approximate surface area is 148 Å². The van der Waals surface area contributed by atoms with E-state index in [4.69, 9.17) is 34.8 Å². The molecule has 1 unspecified atom stereocenters. The van der Waals surface area contributed by atoms with Crippen LogP contribution in [0.5, 0.6) is 0 Å². The summed E-state index contributed by atoms with van der Waals surface area (Å²) < 4.78 is 0.984. The maximum atomic E-state index is 6.28. The zero-order chi connectivity index (χ0) is 15.4. The van der Waals surface area contributed by atoms with E-state index >= 15 is 0 Å². The van der Waals surface area contributed by atoms with E-state index in [0.717, 1.165) is 33.5 Å². The maximum Gasteiger partial charge on any atom is 0.0453 e. The molecule has 0 amide bonds. The van der Waals surface area contributed by atoms with Crippen molar-refractivity contribution in [2.45, 2.75) is 18.9 Å². The van der Waals surface area contributed by atoms with Crippen LogP contribution in [0.2, 0.25) is 15.1 Å². The Balaban J connectivity index is 2.13. The number of rotatable bonds is 5. The minimum absolute atomic E-state index is 0.252. The normalized spacial score (nSPS) is 12.4. The lowest BCUT2D eigenvalue weighted by molar-refractivity contribution is 0.556. The van der Waals surface area contributed by atoms with Gasteiger partial charge in [0, 0.05) is 25.6 Å². The van der Waals surface area contributed by atoms with Crippen LogP contribution in [-0.4, -0.2) is 13.1 Å². The molecule has 1 nitrogen and oxygen atoms in total. The molecule has 0 heterocycles. The van der Waals surface area contributed by atoms with Crippen LogP contribution in [0.3, 0.4) is 0 Å². The minimum atomic E-state index is 0.252. The minimum Gasteiger partial charge on any atom is -0.316 e. The van der Waals surface area contributed by atoms with Crippen molar-refractivity contribution in [2.24, 2.45) is 0 Å². The SMILES string of the molecule is CNC(Cc1ccc(Cl)cc1Cl)Cc1ccc(Br)cc1Cl. The van der Waals surface area contributed by atoms with Crippen LogP contribution in [0.25, 0.3) is 0 Å². The number of nitrogens with one attached hydrogen (secondary N) is 1. The van der Waals surface area contributed by atoms with E-state index in [2.05, 4.69) is 21.2 Å². The lowest BCUT2D eigenvalue weighted by Gasteiger charge is -2.18. The quantitative estimate of drug-likeness (QED) is 0.662. The third-order valence-electron chi connectivity index (χ3n) is 3.37. The summed E-state index contributed by atoms with van der Waals surface area (Å²) >= 11 is 21.9.